The Morgan fingerprint density at radius 1 is 0.510 bits per heavy atom. The molecule has 0 aliphatic carbocycles. The van der Waals surface area contributed by atoms with Crippen molar-refractivity contribution in [3.63, 3.8) is 0 Å². The number of anilines is 1. The summed E-state index contributed by atoms with van der Waals surface area (Å²) < 4.78 is 2.38. The molecule has 236 valence electrons. The molecule has 3 heteroatoms. The van der Waals surface area contributed by atoms with Crippen molar-refractivity contribution < 1.29 is 0 Å². The lowest BCUT2D eigenvalue weighted by molar-refractivity contribution is 1.17. The van der Waals surface area contributed by atoms with E-state index in [0.29, 0.717) is 0 Å². The number of allylic oxidation sites excluding steroid dienone is 9. The lowest BCUT2D eigenvalue weighted by atomic mass is 9.35. The van der Waals surface area contributed by atoms with E-state index < -0.39 is 0 Å². The van der Waals surface area contributed by atoms with E-state index in [4.69, 9.17) is 0 Å². The lowest BCUT2D eigenvalue weighted by Gasteiger charge is -2.40. The topological polar surface area (TPSA) is 8.17 Å². The van der Waals surface area contributed by atoms with Crippen LogP contribution in [0.3, 0.4) is 0 Å². The third-order valence-corrected chi connectivity index (χ3v) is 11.0. The summed E-state index contributed by atoms with van der Waals surface area (Å²) in [5.41, 5.74) is 18.9. The van der Waals surface area contributed by atoms with Crippen LogP contribution in [0.4, 0.5) is 5.69 Å². The van der Waals surface area contributed by atoms with Crippen LogP contribution >= 0.6 is 0 Å². The van der Waals surface area contributed by atoms with Crippen LogP contribution in [0.15, 0.2) is 199 Å². The van der Waals surface area contributed by atoms with E-state index in [1.165, 1.54) is 94.3 Å². The number of aromatic nitrogens is 1. The van der Waals surface area contributed by atoms with Gasteiger partial charge in [0.15, 0.2) is 0 Å². The van der Waals surface area contributed by atoms with Gasteiger partial charge in [-0.25, -0.2) is 0 Å². The second-order valence-corrected chi connectivity index (χ2v) is 13.7. The molecule has 0 N–H and O–H groups in total. The van der Waals surface area contributed by atoms with E-state index in [9.17, 15) is 0 Å². The Labute approximate surface area is 297 Å². The van der Waals surface area contributed by atoms with Gasteiger partial charge in [-0.3, -0.25) is 0 Å². The van der Waals surface area contributed by atoms with Gasteiger partial charge in [0.05, 0.1) is 22.4 Å². The molecule has 4 aliphatic rings. The standard InChI is InChI=1S/C48H31BN2/c1-2-12-32(13-3-1)35-27-29-50-43-26-23-34(33-21-24-36(25-22-33)51-44-19-8-5-14-37(44)38-15-6-9-20-45(38)51)30-40(43)47-42-18-10-11-28-49(42)41-17-7-4-16-39(41)48(47)46(50)31-35/h1-31H. The van der Waals surface area contributed by atoms with Crippen LogP contribution in [0.1, 0.15) is 16.7 Å². The summed E-state index contributed by atoms with van der Waals surface area (Å²) in [5, 5.41) is 2.56. The van der Waals surface area contributed by atoms with E-state index in [2.05, 4.69) is 198 Å². The van der Waals surface area contributed by atoms with Crippen molar-refractivity contribution in [3.8, 4) is 16.8 Å². The first-order chi connectivity index (χ1) is 25.3. The molecule has 0 bridgehead atoms. The van der Waals surface area contributed by atoms with Crippen LogP contribution < -0.4 is 10.4 Å². The number of rotatable bonds is 3. The molecule has 6 aromatic carbocycles. The molecular formula is C48H31BN2. The number of hydrogen-bond donors (Lipinski definition) is 0. The molecule has 0 spiro atoms. The molecule has 0 saturated heterocycles. The van der Waals surface area contributed by atoms with Gasteiger partial charge < -0.3 is 9.47 Å². The first kappa shape index (κ1) is 28.3. The van der Waals surface area contributed by atoms with Crippen molar-refractivity contribution in [2.45, 2.75) is 0 Å². The molecule has 7 aromatic rings. The summed E-state index contributed by atoms with van der Waals surface area (Å²) in [6.45, 7) is 0.218. The highest BCUT2D eigenvalue weighted by atomic mass is 15.1. The zero-order valence-corrected chi connectivity index (χ0v) is 27.9. The fraction of sp³-hybridized carbons (Fsp3) is 0. The lowest BCUT2D eigenvalue weighted by Crippen LogP contribution is -2.40. The molecule has 51 heavy (non-hydrogen) atoms. The number of nitrogens with zero attached hydrogens (tertiary/aromatic N) is 2. The van der Waals surface area contributed by atoms with Crippen molar-refractivity contribution in [1.29, 1.82) is 0 Å². The van der Waals surface area contributed by atoms with Crippen LogP contribution in [0.2, 0.25) is 0 Å². The van der Waals surface area contributed by atoms with Crippen molar-refractivity contribution in [1.82, 2.24) is 4.57 Å². The first-order valence-electron chi connectivity index (χ1n) is 17.7. The van der Waals surface area contributed by atoms with Gasteiger partial charge in [-0.2, -0.15) is 0 Å². The minimum atomic E-state index is 0.218. The molecule has 0 fully saturated rings. The molecule has 0 unspecified atom stereocenters. The first-order valence-corrected chi connectivity index (χ1v) is 17.7. The second-order valence-electron chi connectivity index (χ2n) is 13.7. The average Bonchev–Trinajstić information content (AvgIpc) is 3.55. The Morgan fingerprint density at radius 2 is 1.22 bits per heavy atom. The molecule has 0 saturated carbocycles. The zero-order valence-electron chi connectivity index (χ0n) is 27.9. The van der Waals surface area contributed by atoms with E-state index in [1.807, 2.05) is 0 Å². The summed E-state index contributed by atoms with van der Waals surface area (Å²) >= 11 is 0. The van der Waals surface area contributed by atoms with Gasteiger partial charge in [-0.1, -0.05) is 138 Å². The molecular weight excluding hydrogens is 615 g/mol. The molecule has 11 rings (SSSR count). The SMILES string of the molecule is C1=CB2C(=C3C(=C4C=C(c5ccccc5)C=CN4c4ccc(-c5ccc(-n6c7ccccc7c7ccccc76)cc5)cc43)c3ccccc32)C=C1. The van der Waals surface area contributed by atoms with Gasteiger partial charge in [-0.05, 0) is 82.0 Å². The normalized spacial score (nSPS) is 15.5. The molecule has 5 heterocycles. The Hall–Kier alpha value is -6.58. The average molecular weight is 647 g/mol. The monoisotopic (exact) mass is 646 g/mol. The summed E-state index contributed by atoms with van der Waals surface area (Å²) in [5.74, 6) is 2.36. The molecule has 0 radical (unpaired) electrons. The summed E-state index contributed by atoms with van der Waals surface area (Å²) in [4.78, 5) is 2.40. The Kier molecular flexibility index (Phi) is 6.08. The quantitative estimate of drug-likeness (QED) is 0.174. The largest absolute Gasteiger partial charge is 0.316 e. The number of para-hydroxylation sites is 2. The van der Waals surface area contributed by atoms with E-state index >= 15 is 0 Å². The van der Waals surface area contributed by atoms with Crippen molar-refractivity contribution >= 4 is 56.4 Å². The number of benzene rings is 6. The van der Waals surface area contributed by atoms with E-state index in [1.54, 1.807) is 0 Å². The maximum atomic E-state index is 2.42. The van der Waals surface area contributed by atoms with Crippen molar-refractivity contribution in [2.75, 3.05) is 4.90 Å². The molecule has 2 nitrogen and oxygen atoms in total. The van der Waals surface area contributed by atoms with Gasteiger partial charge in [0, 0.05) is 33.8 Å². The zero-order chi connectivity index (χ0) is 33.5. The van der Waals surface area contributed by atoms with Crippen molar-refractivity contribution in [2.24, 2.45) is 0 Å². The molecule has 1 aromatic heterocycles. The van der Waals surface area contributed by atoms with Crippen molar-refractivity contribution in [3.05, 3.63) is 216 Å². The van der Waals surface area contributed by atoms with Crippen LogP contribution in [0.25, 0.3) is 55.3 Å². The predicted octanol–water partition coefficient (Wildman–Crippen LogP) is 11.0. The third kappa shape index (κ3) is 4.19. The van der Waals surface area contributed by atoms with E-state index in [-0.39, 0.29) is 6.71 Å². The van der Waals surface area contributed by atoms with Gasteiger partial charge >= 0.3 is 0 Å². The summed E-state index contributed by atoms with van der Waals surface area (Å²) in [6, 6.07) is 53.2. The fourth-order valence-electron chi connectivity index (χ4n) is 8.73. The summed E-state index contributed by atoms with van der Waals surface area (Å²) in [7, 11) is 0. The minimum Gasteiger partial charge on any atom is -0.316 e. The molecule has 4 aliphatic heterocycles. The predicted molar refractivity (Wildman–Crippen MR) is 216 cm³/mol. The fourth-order valence-corrected chi connectivity index (χ4v) is 8.73. The van der Waals surface area contributed by atoms with Gasteiger partial charge in [0.1, 0.15) is 0 Å². The van der Waals surface area contributed by atoms with Crippen LogP contribution in [0, 0.1) is 0 Å². The third-order valence-electron chi connectivity index (χ3n) is 11.0. The smallest absolute Gasteiger partial charge is 0.235 e. The number of hydrogen-bond acceptors (Lipinski definition) is 1. The van der Waals surface area contributed by atoms with Crippen LogP contribution in [0.5, 0.6) is 0 Å². The van der Waals surface area contributed by atoms with Crippen LogP contribution in [-0.4, -0.2) is 11.3 Å². The maximum absolute atomic E-state index is 2.42. The minimum absolute atomic E-state index is 0.218. The maximum Gasteiger partial charge on any atom is 0.235 e. The Bertz CT molecular complexity index is 2730. The summed E-state index contributed by atoms with van der Waals surface area (Å²) in [6.07, 6.45) is 13.6. The van der Waals surface area contributed by atoms with Gasteiger partial charge in [0.2, 0.25) is 6.71 Å². The highest BCUT2D eigenvalue weighted by molar-refractivity contribution is 6.88. The van der Waals surface area contributed by atoms with Gasteiger partial charge in [0.25, 0.3) is 0 Å². The number of fused-ring (bicyclic) bond motifs is 12. The molecule has 0 amide bonds. The highest BCUT2D eigenvalue weighted by Crippen LogP contribution is 2.52. The van der Waals surface area contributed by atoms with E-state index in [0.717, 1.165) is 0 Å². The molecule has 0 atom stereocenters. The van der Waals surface area contributed by atoms with Gasteiger partial charge in [-0.15, -0.1) is 5.98 Å². The highest BCUT2D eigenvalue weighted by Gasteiger charge is 2.39. The Morgan fingerprint density at radius 3 is 2.02 bits per heavy atom. The second kappa shape index (κ2) is 11.0. The van der Waals surface area contributed by atoms with Crippen LogP contribution in [-0.2, 0) is 0 Å². The Balaban J connectivity index is 1.09.